The van der Waals surface area contributed by atoms with Crippen LogP contribution in [0.15, 0.2) is 53.6 Å². The van der Waals surface area contributed by atoms with E-state index in [1.165, 1.54) is 25.3 Å². The van der Waals surface area contributed by atoms with Gasteiger partial charge in [-0.2, -0.15) is 5.10 Å². The van der Waals surface area contributed by atoms with Crippen molar-refractivity contribution in [3.63, 3.8) is 0 Å². The summed E-state index contributed by atoms with van der Waals surface area (Å²) in [7, 11) is 1.55. The number of aromatic hydroxyl groups is 1. The molecule has 0 radical (unpaired) electrons. The number of nitrogens with one attached hydrogen (secondary N) is 2. The van der Waals surface area contributed by atoms with Crippen molar-refractivity contribution < 1.29 is 19.4 Å². The third kappa shape index (κ3) is 5.35. The summed E-state index contributed by atoms with van der Waals surface area (Å²) in [6.45, 7) is 1.49. The maximum absolute atomic E-state index is 12.1. The number of methoxy groups -OCH3 is 1. The molecule has 7 heteroatoms. The van der Waals surface area contributed by atoms with Crippen LogP contribution < -0.4 is 15.5 Å². The van der Waals surface area contributed by atoms with E-state index in [0.717, 1.165) is 0 Å². The Morgan fingerprint density at radius 1 is 1.08 bits per heavy atom. The highest BCUT2D eigenvalue weighted by molar-refractivity contribution is 6.06. The van der Waals surface area contributed by atoms with Crippen molar-refractivity contribution in [2.45, 2.75) is 6.92 Å². The maximum atomic E-state index is 12.1. The van der Waals surface area contributed by atoms with Crippen molar-refractivity contribution in [1.29, 1.82) is 0 Å². The topological polar surface area (TPSA) is 100 Å². The first-order valence-corrected chi connectivity index (χ1v) is 7.56. The summed E-state index contributed by atoms with van der Waals surface area (Å²) in [6.07, 6.45) is 1.42. The van der Waals surface area contributed by atoms with Gasteiger partial charge in [-0.25, -0.2) is 5.43 Å². The van der Waals surface area contributed by atoms with Crippen LogP contribution in [0.5, 0.6) is 11.5 Å². The Kier molecular flexibility index (Phi) is 6.11. The van der Waals surface area contributed by atoms with E-state index in [9.17, 15) is 14.7 Å². The zero-order chi connectivity index (χ0) is 18.2. The van der Waals surface area contributed by atoms with Crippen LogP contribution in [-0.2, 0) is 9.59 Å². The molecule has 7 nitrogen and oxygen atoms in total. The predicted molar refractivity (Wildman–Crippen MR) is 94.6 cm³/mol. The lowest BCUT2D eigenvalue weighted by atomic mass is 10.1. The fourth-order valence-electron chi connectivity index (χ4n) is 1.87. The molecule has 0 saturated carbocycles. The Labute approximate surface area is 145 Å². The molecule has 0 aliphatic heterocycles. The highest BCUT2D eigenvalue weighted by Gasteiger charge is 2.21. The van der Waals surface area contributed by atoms with Crippen LogP contribution in [0.2, 0.25) is 0 Å². The van der Waals surface area contributed by atoms with Gasteiger partial charge in [0.1, 0.15) is 17.4 Å². The molecule has 1 unspecified atom stereocenters. The van der Waals surface area contributed by atoms with Gasteiger partial charge in [0, 0.05) is 5.69 Å². The molecular weight excluding hydrogens is 322 g/mol. The van der Waals surface area contributed by atoms with Crippen molar-refractivity contribution in [3.8, 4) is 11.5 Å². The van der Waals surface area contributed by atoms with Crippen LogP contribution in [0.3, 0.4) is 0 Å². The number of hydrogen-bond donors (Lipinski definition) is 3. The quantitative estimate of drug-likeness (QED) is 0.426. The minimum Gasteiger partial charge on any atom is -0.508 e. The second-order valence-electron chi connectivity index (χ2n) is 5.27. The molecule has 3 N–H and O–H groups in total. The van der Waals surface area contributed by atoms with Crippen LogP contribution in [-0.4, -0.2) is 30.2 Å². The van der Waals surface area contributed by atoms with Gasteiger partial charge >= 0.3 is 0 Å². The number of ether oxygens (including phenoxy) is 1. The molecule has 0 aliphatic carbocycles. The third-order valence-corrected chi connectivity index (χ3v) is 3.43. The van der Waals surface area contributed by atoms with E-state index >= 15 is 0 Å². The van der Waals surface area contributed by atoms with E-state index in [-0.39, 0.29) is 5.75 Å². The SMILES string of the molecule is COc1ccc(NC(=O)C(C)C(=O)N/N=C/c2ccc(O)cc2)cc1. The number of anilines is 1. The molecule has 0 spiro atoms. The monoisotopic (exact) mass is 341 g/mol. The Bertz CT molecular complexity index is 755. The molecular formula is C18H19N3O4. The number of phenolic OH excluding ortho intramolecular Hbond substituents is 1. The Morgan fingerprint density at radius 2 is 1.72 bits per heavy atom. The Morgan fingerprint density at radius 3 is 2.32 bits per heavy atom. The lowest BCUT2D eigenvalue weighted by Gasteiger charge is -2.11. The van der Waals surface area contributed by atoms with Crippen molar-refractivity contribution in [2.24, 2.45) is 11.0 Å². The fraction of sp³-hybridized carbons (Fsp3) is 0.167. The maximum Gasteiger partial charge on any atom is 0.252 e. The number of carbonyl (C=O) groups excluding carboxylic acids is 2. The number of phenols is 1. The summed E-state index contributed by atoms with van der Waals surface area (Å²) in [5, 5.41) is 15.6. The predicted octanol–water partition coefficient (Wildman–Crippen LogP) is 2.13. The minimum atomic E-state index is -0.918. The van der Waals surface area contributed by atoms with Gasteiger partial charge in [-0.3, -0.25) is 9.59 Å². The molecule has 2 aromatic carbocycles. The van der Waals surface area contributed by atoms with Gasteiger partial charge in [-0.15, -0.1) is 0 Å². The molecule has 0 bridgehead atoms. The minimum absolute atomic E-state index is 0.144. The molecule has 0 heterocycles. The van der Waals surface area contributed by atoms with E-state index in [1.807, 2.05) is 0 Å². The number of rotatable bonds is 6. The summed E-state index contributed by atoms with van der Waals surface area (Å²) < 4.78 is 5.04. The van der Waals surface area contributed by atoms with Crippen molar-refractivity contribution >= 4 is 23.7 Å². The molecule has 0 fully saturated rings. The van der Waals surface area contributed by atoms with E-state index in [0.29, 0.717) is 17.0 Å². The Hall–Kier alpha value is -3.35. The van der Waals surface area contributed by atoms with Gasteiger partial charge in [-0.1, -0.05) is 0 Å². The summed E-state index contributed by atoms with van der Waals surface area (Å²) in [4.78, 5) is 24.1. The van der Waals surface area contributed by atoms with Crippen molar-refractivity contribution in [1.82, 2.24) is 5.43 Å². The first kappa shape index (κ1) is 18.0. The number of hydrazone groups is 1. The van der Waals surface area contributed by atoms with Crippen molar-refractivity contribution in [3.05, 3.63) is 54.1 Å². The molecule has 0 saturated heterocycles. The summed E-state index contributed by atoms with van der Waals surface area (Å²) >= 11 is 0. The van der Waals surface area contributed by atoms with Crippen LogP contribution in [0.4, 0.5) is 5.69 Å². The number of nitrogens with zero attached hydrogens (tertiary/aromatic N) is 1. The number of hydrogen-bond acceptors (Lipinski definition) is 5. The number of benzene rings is 2. The van der Waals surface area contributed by atoms with Gasteiger partial charge < -0.3 is 15.2 Å². The lowest BCUT2D eigenvalue weighted by molar-refractivity contribution is -0.131. The molecule has 2 rings (SSSR count). The highest BCUT2D eigenvalue weighted by atomic mass is 16.5. The van der Waals surface area contributed by atoms with Crippen LogP contribution in [0, 0.1) is 5.92 Å². The number of amides is 2. The smallest absolute Gasteiger partial charge is 0.252 e. The molecule has 25 heavy (non-hydrogen) atoms. The summed E-state index contributed by atoms with van der Waals surface area (Å²) in [6, 6.07) is 13.1. The van der Waals surface area contributed by atoms with Crippen LogP contribution in [0.1, 0.15) is 12.5 Å². The zero-order valence-corrected chi connectivity index (χ0v) is 13.9. The molecule has 0 aromatic heterocycles. The van der Waals surface area contributed by atoms with E-state index < -0.39 is 17.7 Å². The van der Waals surface area contributed by atoms with Gasteiger partial charge in [0.05, 0.1) is 13.3 Å². The summed E-state index contributed by atoms with van der Waals surface area (Å²) in [5.74, 6) is -1.07. The second kappa shape index (κ2) is 8.49. The van der Waals surface area contributed by atoms with Gasteiger partial charge in [0.15, 0.2) is 0 Å². The van der Waals surface area contributed by atoms with E-state index in [2.05, 4.69) is 15.8 Å². The second-order valence-corrected chi connectivity index (χ2v) is 5.27. The summed E-state index contributed by atoms with van der Waals surface area (Å²) in [5.41, 5.74) is 3.59. The van der Waals surface area contributed by atoms with Crippen LogP contribution in [0.25, 0.3) is 0 Å². The lowest BCUT2D eigenvalue weighted by Crippen LogP contribution is -2.34. The van der Waals surface area contributed by atoms with Gasteiger partial charge in [0.2, 0.25) is 5.91 Å². The Balaban J connectivity index is 1.87. The van der Waals surface area contributed by atoms with E-state index in [4.69, 9.17) is 4.74 Å². The number of carbonyl (C=O) groups is 2. The van der Waals surface area contributed by atoms with Crippen LogP contribution >= 0.6 is 0 Å². The average molecular weight is 341 g/mol. The first-order valence-electron chi connectivity index (χ1n) is 7.56. The normalized spacial score (nSPS) is 11.8. The largest absolute Gasteiger partial charge is 0.508 e. The highest BCUT2D eigenvalue weighted by Crippen LogP contribution is 2.15. The first-order chi connectivity index (χ1) is 12.0. The molecule has 130 valence electrons. The molecule has 2 amide bonds. The molecule has 1 atom stereocenters. The fourth-order valence-corrected chi connectivity index (χ4v) is 1.87. The van der Waals surface area contributed by atoms with Gasteiger partial charge in [-0.05, 0) is 61.0 Å². The molecule has 0 aliphatic rings. The van der Waals surface area contributed by atoms with Crippen molar-refractivity contribution in [2.75, 3.05) is 12.4 Å². The zero-order valence-electron chi connectivity index (χ0n) is 13.9. The standard InChI is InChI=1S/C18H19N3O4/c1-12(17(23)20-14-5-9-16(25-2)10-6-14)18(24)21-19-11-13-3-7-15(22)8-4-13/h3-12,22H,1-2H3,(H,20,23)(H,21,24)/b19-11+. The third-order valence-electron chi connectivity index (χ3n) is 3.43. The van der Waals surface area contributed by atoms with E-state index in [1.54, 1.807) is 43.5 Å². The average Bonchev–Trinajstić information content (AvgIpc) is 2.63. The van der Waals surface area contributed by atoms with Gasteiger partial charge in [0.25, 0.3) is 5.91 Å². The molecule has 2 aromatic rings.